The summed E-state index contributed by atoms with van der Waals surface area (Å²) in [5, 5.41) is 8.88. The summed E-state index contributed by atoms with van der Waals surface area (Å²) in [4.78, 5) is 1.11. The van der Waals surface area contributed by atoms with Gasteiger partial charge in [0.15, 0.2) is 0 Å². The second-order valence-corrected chi connectivity index (χ2v) is 5.96. The number of halogens is 1. The van der Waals surface area contributed by atoms with Crippen molar-refractivity contribution in [1.82, 2.24) is 10.2 Å². The van der Waals surface area contributed by atoms with Crippen LogP contribution in [-0.2, 0) is 5.75 Å². The maximum Gasteiger partial charge on any atom is 0.247 e. The number of nitrogens with zero attached hydrogens (tertiary/aromatic N) is 2. The second-order valence-electron chi connectivity index (χ2n) is 4.47. The molecule has 0 aliphatic carbocycles. The third-order valence-electron chi connectivity index (χ3n) is 2.98. The van der Waals surface area contributed by atoms with E-state index in [9.17, 15) is 0 Å². The molecule has 0 spiro atoms. The third kappa shape index (κ3) is 3.61. The van der Waals surface area contributed by atoms with Crippen LogP contribution < -0.4 is 4.74 Å². The Morgan fingerprint density at radius 3 is 2.45 bits per heavy atom. The highest BCUT2D eigenvalue weighted by Crippen LogP contribution is 2.26. The third-order valence-corrected chi connectivity index (χ3v) is 4.23. The Labute approximate surface area is 137 Å². The first-order chi connectivity index (χ1) is 10.7. The predicted octanol–water partition coefficient (Wildman–Crippen LogP) is 4.69. The van der Waals surface area contributed by atoms with Crippen LogP contribution in [0.3, 0.4) is 0 Å². The van der Waals surface area contributed by atoms with E-state index < -0.39 is 0 Å². The van der Waals surface area contributed by atoms with Gasteiger partial charge in [-0.25, -0.2) is 0 Å². The Kier molecular flexibility index (Phi) is 4.65. The highest BCUT2D eigenvalue weighted by atomic mass is 35.5. The maximum atomic E-state index is 5.86. The molecular weight excluding hydrogens is 320 g/mol. The molecule has 3 rings (SSSR count). The van der Waals surface area contributed by atoms with Crippen LogP contribution in [0.15, 0.2) is 57.8 Å². The van der Waals surface area contributed by atoms with Gasteiger partial charge in [0.2, 0.25) is 11.8 Å². The van der Waals surface area contributed by atoms with Crippen LogP contribution in [0.5, 0.6) is 5.75 Å². The molecule has 0 unspecified atom stereocenters. The largest absolute Gasteiger partial charge is 0.497 e. The van der Waals surface area contributed by atoms with Crippen molar-refractivity contribution in [3.63, 3.8) is 0 Å². The van der Waals surface area contributed by atoms with Crippen LogP contribution in [0, 0.1) is 0 Å². The minimum absolute atomic E-state index is 0.509. The number of aromatic nitrogens is 2. The van der Waals surface area contributed by atoms with E-state index >= 15 is 0 Å². The monoisotopic (exact) mass is 332 g/mol. The van der Waals surface area contributed by atoms with E-state index in [1.54, 1.807) is 18.9 Å². The molecule has 6 heteroatoms. The van der Waals surface area contributed by atoms with Crippen molar-refractivity contribution in [3.05, 3.63) is 59.4 Å². The highest BCUT2D eigenvalue weighted by molar-refractivity contribution is 7.98. The fourth-order valence-electron chi connectivity index (χ4n) is 1.84. The molecule has 22 heavy (non-hydrogen) atoms. The molecular formula is C16H13ClN2O2S. The van der Waals surface area contributed by atoms with E-state index in [4.69, 9.17) is 20.8 Å². The molecule has 0 aliphatic heterocycles. The van der Waals surface area contributed by atoms with E-state index in [0.717, 1.165) is 21.2 Å². The molecule has 112 valence electrons. The summed E-state index contributed by atoms with van der Waals surface area (Å²) >= 11 is 7.48. The van der Waals surface area contributed by atoms with Crippen molar-refractivity contribution in [2.24, 2.45) is 0 Å². The van der Waals surface area contributed by atoms with Gasteiger partial charge < -0.3 is 9.15 Å². The van der Waals surface area contributed by atoms with Crippen molar-refractivity contribution >= 4 is 23.4 Å². The predicted molar refractivity (Wildman–Crippen MR) is 87.3 cm³/mol. The summed E-state index contributed by atoms with van der Waals surface area (Å²) in [7, 11) is 1.63. The zero-order valence-electron chi connectivity index (χ0n) is 11.8. The summed E-state index contributed by atoms with van der Waals surface area (Å²) in [5.41, 5.74) is 0.871. The average molecular weight is 333 g/mol. The molecule has 0 atom stereocenters. The van der Waals surface area contributed by atoms with E-state index in [-0.39, 0.29) is 0 Å². The number of hydrogen-bond acceptors (Lipinski definition) is 5. The summed E-state index contributed by atoms with van der Waals surface area (Å²) in [6.45, 7) is 0. The minimum Gasteiger partial charge on any atom is -0.497 e. The number of thioether (sulfide) groups is 1. The van der Waals surface area contributed by atoms with Gasteiger partial charge in [0.1, 0.15) is 5.75 Å². The average Bonchev–Trinajstić information content (AvgIpc) is 3.03. The maximum absolute atomic E-state index is 5.86. The van der Waals surface area contributed by atoms with Crippen molar-refractivity contribution in [2.45, 2.75) is 10.6 Å². The van der Waals surface area contributed by atoms with Gasteiger partial charge in [0.25, 0.3) is 0 Å². The first-order valence-corrected chi connectivity index (χ1v) is 7.96. The van der Waals surface area contributed by atoms with Crippen molar-refractivity contribution in [1.29, 1.82) is 0 Å². The molecule has 0 radical (unpaired) electrons. The van der Waals surface area contributed by atoms with Gasteiger partial charge in [-0.1, -0.05) is 11.6 Å². The molecule has 0 amide bonds. The van der Waals surface area contributed by atoms with Crippen LogP contribution in [0.4, 0.5) is 0 Å². The van der Waals surface area contributed by atoms with Crippen molar-refractivity contribution in [3.8, 4) is 17.2 Å². The molecule has 0 saturated heterocycles. The number of methoxy groups -OCH3 is 1. The van der Waals surface area contributed by atoms with E-state index in [1.807, 2.05) is 48.5 Å². The van der Waals surface area contributed by atoms with Gasteiger partial charge in [0.05, 0.1) is 12.9 Å². The van der Waals surface area contributed by atoms with Crippen LogP contribution in [-0.4, -0.2) is 17.3 Å². The summed E-state index contributed by atoms with van der Waals surface area (Å²) in [6, 6.07) is 15.2. The van der Waals surface area contributed by atoms with Crippen LogP contribution >= 0.6 is 23.4 Å². The van der Waals surface area contributed by atoms with Gasteiger partial charge in [-0.05, 0) is 48.5 Å². The Morgan fingerprint density at radius 2 is 1.77 bits per heavy atom. The Morgan fingerprint density at radius 1 is 1.05 bits per heavy atom. The van der Waals surface area contributed by atoms with E-state index in [2.05, 4.69) is 10.2 Å². The quantitative estimate of drug-likeness (QED) is 0.634. The molecule has 1 aromatic heterocycles. The fraction of sp³-hybridized carbons (Fsp3) is 0.125. The molecule has 0 fully saturated rings. The Balaban J connectivity index is 1.66. The molecule has 4 nitrogen and oxygen atoms in total. The smallest absolute Gasteiger partial charge is 0.247 e. The Bertz CT molecular complexity index is 742. The number of rotatable bonds is 5. The zero-order chi connectivity index (χ0) is 15.4. The summed E-state index contributed by atoms with van der Waals surface area (Å²) in [6.07, 6.45) is 0. The van der Waals surface area contributed by atoms with E-state index in [1.165, 1.54) is 0 Å². The summed E-state index contributed by atoms with van der Waals surface area (Å²) in [5.74, 6) is 2.51. The highest BCUT2D eigenvalue weighted by Gasteiger charge is 2.09. The molecule has 1 heterocycles. The lowest BCUT2D eigenvalue weighted by Crippen LogP contribution is -1.82. The van der Waals surface area contributed by atoms with Gasteiger partial charge in [-0.15, -0.1) is 22.0 Å². The first kappa shape index (κ1) is 14.9. The van der Waals surface area contributed by atoms with Gasteiger partial charge in [0, 0.05) is 15.5 Å². The first-order valence-electron chi connectivity index (χ1n) is 6.60. The van der Waals surface area contributed by atoms with Crippen LogP contribution in [0.1, 0.15) is 5.89 Å². The molecule has 0 saturated carbocycles. The number of hydrogen-bond donors (Lipinski definition) is 0. The van der Waals surface area contributed by atoms with Gasteiger partial charge in [-0.3, -0.25) is 0 Å². The normalized spacial score (nSPS) is 10.6. The topological polar surface area (TPSA) is 48.2 Å². The fourth-order valence-corrected chi connectivity index (χ4v) is 2.70. The lowest BCUT2D eigenvalue weighted by Gasteiger charge is -1.99. The molecule has 0 aliphatic rings. The minimum atomic E-state index is 0.509. The standard InChI is InChI=1S/C16H13ClN2O2S/c1-20-13-6-2-11(3-7-13)16-19-18-15(21-16)10-22-14-8-4-12(17)5-9-14/h2-9H,10H2,1H3. The lowest BCUT2D eigenvalue weighted by molar-refractivity contribution is 0.415. The Hall–Kier alpha value is -1.98. The molecule has 2 aromatic carbocycles. The van der Waals surface area contributed by atoms with E-state index in [0.29, 0.717) is 17.5 Å². The number of ether oxygens (including phenoxy) is 1. The number of benzene rings is 2. The van der Waals surface area contributed by atoms with Crippen molar-refractivity contribution in [2.75, 3.05) is 7.11 Å². The molecule has 0 N–H and O–H groups in total. The molecule has 0 bridgehead atoms. The molecule has 3 aromatic rings. The van der Waals surface area contributed by atoms with Gasteiger partial charge in [-0.2, -0.15) is 0 Å². The summed E-state index contributed by atoms with van der Waals surface area (Å²) < 4.78 is 10.8. The SMILES string of the molecule is COc1ccc(-c2nnc(CSc3ccc(Cl)cc3)o2)cc1. The lowest BCUT2D eigenvalue weighted by atomic mass is 10.2. The van der Waals surface area contributed by atoms with Crippen LogP contribution in [0.2, 0.25) is 5.02 Å². The second kappa shape index (κ2) is 6.85. The van der Waals surface area contributed by atoms with Crippen molar-refractivity contribution < 1.29 is 9.15 Å². The zero-order valence-corrected chi connectivity index (χ0v) is 13.4. The van der Waals surface area contributed by atoms with Gasteiger partial charge >= 0.3 is 0 Å². The van der Waals surface area contributed by atoms with Crippen LogP contribution in [0.25, 0.3) is 11.5 Å².